The Balaban J connectivity index is 1.78. The average molecular weight is 545 g/mol. The van der Waals surface area contributed by atoms with Crippen LogP contribution in [0.4, 0.5) is 0 Å². The third-order valence-corrected chi connectivity index (χ3v) is 7.42. The molecule has 162 valence electrons. The Morgan fingerprint density at radius 3 is 2.40 bits per heavy atom. The van der Waals surface area contributed by atoms with E-state index in [1.165, 1.54) is 0 Å². The molecule has 0 radical (unpaired) electrons. The molecule has 1 saturated heterocycles. The summed E-state index contributed by atoms with van der Waals surface area (Å²) < 4.78 is 41.3. The second-order valence-electron chi connectivity index (χ2n) is 7.01. The maximum absolute atomic E-state index is 13.0. The van der Waals surface area contributed by atoms with Crippen molar-refractivity contribution in [2.75, 3.05) is 32.3 Å². The van der Waals surface area contributed by atoms with E-state index in [1.807, 2.05) is 18.2 Å². The second kappa shape index (κ2) is 9.86. The number of carbonyl (C=O) groups is 1. The van der Waals surface area contributed by atoms with Crippen LogP contribution in [0.1, 0.15) is 12.0 Å². The SMILES string of the molecule is COc1ccc(CN(C(=O)COc2ccc(I)cc2)C2CCS(=O)(=O)C2)cc1OC. The molecule has 7 nitrogen and oxygen atoms in total. The van der Waals surface area contributed by atoms with Crippen LogP contribution >= 0.6 is 22.6 Å². The molecular formula is C21H24INO6S. The van der Waals surface area contributed by atoms with Gasteiger partial charge in [0.2, 0.25) is 0 Å². The Bertz CT molecular complexity index is 993. The number of nitrogens with zero attached hydrogens (tertiary/aromatic N) is 1. The van der Waals surface area contributed by atoms with Gasteiger partial charge in [-0.1, -0.05) is 6.07 Å². The molecule has 0 saturated carbocycles. The first kappa shape index (κ1) is 22.7. The van der Waals surface area contributed by atoms with Crippen molar-refractivity contribution < 1.29 is 27.4 Å². The molecule has 2 aromatic rings. The number of rotatable bonds is 8. The van der Waals surface area contributed by atoms with Gasteiger partial charge in [-0.2, -0.15) is 0 Å². The van der Waals surface area contributed by atoms with Gasteiger partial charge in [0.25, 0.3) is 5.91 Å². The van der Waals surface area contributed by atoms with Crippen molar-refractivity contribution in [3.63, 3.8) is 0 Å². The third-order valence-electron chi connectivity index (χ3n) is 4.95. The van der Waals surface area contributed by atoms with E-state index in [9.17, 15) is 13.2 Å². The molecule has 9 heteroatoms. The van der Waals surface area contributed by atoms with E-state index in [-0.39, 0.29) is 36.6 Å². The number of ether oxygens (including phenoxy) is 3. The van der Waals surface area contributed by atoms with Gasteiger partial charge in [0.15, 0.2) is 27.9 Å². The first-order valence-electron chi connectivity index (χ1n) is 9.40. The number of halogens is 1. The summed E-state index contributed by atoms with van der Waals surface area (Å²) in [5.74, 6) is 1.53. The van der Waals surface area contributed by atoms with Gasteiger partial charge in [0, 0.05) is 16.2 Å². The fourth-order valence-corrected chi connectivity index (χ4v) is 5.47. The zero-order chi connectivity index (χ0) is 21.7. The normalized spacial score (nSPS) is 17.4. The van der Waals surface area contributed by atoms with E-state index < -0.39 is 9.84 Å². The maximum Gasteiger partial charge on any atom is 0.261 e. The predicted molar refractivity (Wildman–Crippen MR) is 122 cm³/mol. The Morgan fingerprint density at radius 2 is 1.80 bits per heavy atom. The first-order valence-corrected chi connectivity index (χ1v) is 12.3. The maximum atomic E-state index is 13.0. The molecule has 0 bridgehead atoms. The highest BCUT2D eigenvalue weighted by atomic mass is 127. The molecule has 30 heavy (non-hydrogen) atoms. The minimum Gasteiger partial charge on any atom is -0.493 e. The molecule has 1 heterocycles. The highest BCUT2D eigenvalue weighted by molar-refractivity contribution is 14.1. The number of sulfone groups is 1. The van der Waals surface area contributed by atoms with Crippen molar-refractivity contribution in [3.05, 3.63) is 51.6 Å². The molecule has 1 fully saturated rings. The van der Waals surface area contributed by atoms with Crippen LogP contribution in [0, 0.1) is 3.57 Å². The van der Waals surface area contributed by atoms with E-state index in [0.29, 0.717) is 23.7 Å². The van der Waals surface area contributed by atoms with E-state index >= 15 is 0 Å². The number of hydrogen-bond donors (Lipinski definition) is 0. The number of benzene rings is 2. The molecular weight excluding hydrogens is 521 g/mol. The van der Waals surface area contributed by atoms with Crippen molar-refractivity contribution in [2.45, 2.75) is 19.0 Å². The van der Waals surface area contributed by atoms with E-state index in [2.05, 4.69) is 22.6 Å². The Labute approximate surface area is 190 Å². The zero-order valence-corrected chi connectivity index (χ0v) is 19.8. The molecule has 0 aromatic heterocycles. The van der Waals surface area contributed by atoms with Gasteiger partial charge >= 0.3 is 0 Å². The van der Waals surface area contributed by atoms with Gasteiger partial charge in [0.1, 0.15) is 5.75 Å². The molecule has 1 atom stereocenters. The Morgan fingerprint density at radius 1 is 1.10 bits per heavy atom. The van der Waals surface area contributed by atoms with E-state index in [1.54, 1.807) is 43.4 Å². The second-order valence-corrected chi connectivity index (χ2v) is 10.5. The molecule has 0 N–H and O–H groups in total. The van der Waals surface area contributed by atoms with Gasteiger partial charge in [-0.25, -0.2) is 8.42 Å². The van der Waals surface area contributed by atoms with Gasteiger partial charge in [-0.15, -0.1) is 0 Å². The van der Waals surface area contributed by atoms with Crippen molar-refractivity contribution >= 4 is 38.3 Å². The quantitative estimate of drug-likeness (QED) is 0.475. The van der Waals surface area contributed by atoms with Crippen molar-refractivity contribution in [1.29, 1.82) is 0 Å². The van der Waals surface area contributed by atoms with Crippen LogP contribution in [0.3, 0.4) is 0 Å². The highest BCUT2D eigenvalue weighted by Gasteiger charge is 2.35. The first-order chi connectivity index (χ1) is 14.3. The van der Waals surface area contributed by atoms with Crippen LogP contribution in [0.5, 0.6) is 17.2 Å². The van der Waals surface area contributed by atoms with Crippen LogP contribution in [0.15, 0.2) is 42.5 Å². The lowest BCUT2D eigenvalue weighted by atomic mass is 10.1. The summed E-state index contributed by atoms with van der Waals surface area (Å²) >= 11 is 2.19. The molecule has 0 spiro atoms. The predicted octanol–water partition coefficient (Wildman–Crippen LogP) is 2.90. The van der Waals surface area contributed by atoms with Crippen molar-refractivity contribution in [3.8, 4) is 17.2 Å². The van der Waals surface area contributed by atoms with Gasteiger partial charge in [-0.3, -0.25) is 4.79 Å². The minimum absolute atomic E-state index is 0.0322. The van der Waals surface area contributed by atoms with Crippen LogP contribution in [-0.2, 0) is 21.2 Å². The molecule has 1 aliphatic heterocycles. The summed E-state index contributed by atoms with van der Waals surface area (Å²) in [6.07, 6.45) is 0.422. The topological polar surface area (TPSA) is 82.1 Å². The number of methoxy groups -OCH3 is 2. The van der Waals surface area contributed by atoms with Crippen LogP contribution < -0.4 is 14.2 Å². The van der Waals surface area contributed by atoms with Gasteiger partial charge in [-0.05, 0) is 71.0 Å². The fourth-order valence-electron chi connectivity index (χ4n) is 3.38. The zero-order valence-electron chi connectivity index (χ0n) is 16.8. The molecule has 3 rings (SSSR count). The molecule has 1 aliphatic rings. The van der Waals surface area contributed by atoms with E-state index in [4.69, 9.17) is 14.2 Å². The summed E-state index contributed by atoms with van der Waals surface area (Å²) in [6, 6.07) is 12.4. The molecule has 2 aromatic carbocycles. The van der Waals surface area contributed by atoms with Crippen LogP contribution in [-0.4, -0.2) is 57.6 Å². The Hall–Kier alpha value is -2.01. The molecule has 1 unspecified atom stereocenters. The lowest BCUT2D eigenvalue weighted by molar-refractivity contribution is -0.136. The summed E-state index contributed by atoms with van der Waals surface area (Å²) in [7, 11) is -0.0430. The van der Waals surface area contributed by atoms with Gasteiger partial charge < -0.3 is 19.1 Å². The Kier molecular flexibility index (Phi) is 7.45. The minimum atomic E-state index is -3.14. The van der Waals surface area contributed by atoms with Gasteiger partial charge in [0.05, 0.1) is 25.7 Å². The standard InChI is InChI=1S/C21H24INO6S/c1-27-19-8-3-15(11-20(19)28-2)12-23(17-9-10-30(25,26)14-17)21(24)13-29-18-6-4-16(22)5-7-18/h3-8,11,17H,9-10,12-14H2,1-2H3. The summed E-state index contributed by atoms with van der Waals surface area (Å²) in [6.45, 7) is 0.0971. The highest BCUT2D eigenvalue weighted by Crippen LogP contribution is 2.29. The summed E-state index contributed by atoms with van der Waals surface area (Å²) in [5, 5.41) is 0. The van der Waals surface area contributed by atoms with Crippen LogP contribution in [0.2, 0.25) is 0 Å². The average Bonchev–Trinajstić information content (AvgIpc) is 3.10. The van der Waals surface area contributed by atoms with Crippen LogP contribution in [0.25, 0.3) is 0 Å². The van der Waals surface area contributed by atoms with E-state index in [0.717, 1.165) is 9.13 Å². The molecule has 0 aliphatic carbocycles. The summed E-state index contributed by atoms with van der Waals surface area (Å²) in [4.78, 5) is 14.6. The fraction of sp³-hybridized carbons (Fsp3) is 0.381. The smallest absolute Gasteiger partial charge is 0.261 e. The number of amides is 1. The summed E-state index contributed by atoms with van der Waals surface area (Å²) in [5.41, 5.74) is 0.819. The van der Waals surface area contributed by atoms with Crippen molar-refractivity contribution in [1.82, 2.24) is 4.90 Å². The number of hydrogen-bond acceptors (Lipinski definition) is 6. The monoisotopic (exact) mass is 545 g/mol. The lowest BCUT2D eigenvalue weighted by Crippen LogP contribution is -2.43. The number of carbonyl (C=O) groups excluding carboxylic acids is 1. The molecule has 1 amide bonds. The van der Waals surface area contributed by atoms with Crippen molar-refractivity contribution in [2.24, 2.45) is 0 Å². The third kappa shape index (κ3) is 5.78. The largest absolute Gasteiger partial charge is 0.493 e. The lowest BCUT2D eigenvalue weighted by Gasteiger charge is -2.28.